The molecule has 0 aliphatic heterocycles. The molecule has 1 rings (SSSR count). The molecule has 1 N–H and O–H groups in total. The first-order valence-corrected chi connectivity index (χ1v) is 8.19. The van der Waals surface area contributed by atoms with E-state index >= 15 is 0 Å². The average molecular weight is 283 g/mol. The maximum atomic E-state index is 9.38. The van der Waals surface area contributed by atoms with Gasteiger partial charge in [0.2, 0.25) is 0 Å². The molecule has 1 aromatic rings. The quantitative estimate of drug-likeness (QED) is 0.584. The number of nitrogens with zero attached hydrogens (tertiary/aromatic N) is 2. The van der Waals surface area contributed by atoms with Crippen LogP contribution in [0.2, 0.25) is 0 Å². The van der Waals surface area contributed by atoms with E-state index in [1.54, 1.807) is 23.1 Å². The maximum absolute atomic E-state index is 9.38. The third-order valence-electron chi connectivity index (χ3n) is 2.77. The number of thioether (sulfide) groups is 1. The summed E-state index contributed by atoms with van der Waals surface area (Å²) in [5, 5.41) is 14.8. The van der Waals surface area contributed by atoms with E-state index in [9.17, 15) is 5.26 Å². The summed E-state index contributed by atoms with van der Waals surface area (Å²) in [6, 6.07) is 2.80. The van der Waals surface area contributed by atoms with Crippen LogP contribution in [0.15, 0.2) is 15.9 Å². The second-order valence-corrected chi connectivity index (χ2v) is 6.83. The summed E-state index contributed by atoms with van der Waals surface area (Å²) in [5.74, 6) is 1.02. The summed E-state index contributed by atoms with van der Waals surface area (Å²) in [6.45, 7) is 6.25. The smallest absolute Gasteiger partial charge is 0.149 e. The van der Waals surface area contributed by atoms with Crippen LogP contribution in [0.4, 0.5) is 0 Å². The Balaban J connectivity index is 2.36. The maximum Gasteiger partial charge on any atom is 0.149 e. The highest BCUT2D eigenvalue weighted by Gasteiger charge is 2.27. The van der Waals surface area contributed by atoms with E-state index < -0.39 is 0 Å². The van der Waals surface area contributed by atoms with Crippen LogP contribution in [0.25, 0.3) is 0 Å². The van der Waals surface area contributed by atoms with Gasteiger partial charge in [0, 0.05) is 23.4 Å². The average Bonchev–Trinajstić information content (AvgIpc) is 2.85. The van der Waals surface area contributed by atoms with Crippen LogP contribution >= 0.6 is 23.1 Å². The summed E-state index contributed by atoms with van der Waals surface area (Å²) in [6.07, 6.45) is 4.62. The first-order chi connectivity index (χ1) is 8.62. The normalized spacial score (nSPS) is 14.4. The van der Waals surface area contributed by atoms with Gasteiger partial charge >= 0.3 is 0 Å². The zero-order valence-corrected chi connectivity index (χ0v) is 12.9. The lowest BCUT2D eigenvalue weighted by molar-refractivity contribution is 0.341. The molecule has 0 saturated heterocycles. The number of hydrogen-bond acceptors (Lipinski definition) is 5. The second-order valence-electron chi connectivity index (χ2n) is 4.60. The molecule has 1 atom stereocenters. The summed E-state index contributed by atoms with van der Waals surface area (Å²) in [5.41, 5.74) is -0.363. The van der Waals surface area contributed by atoms with E-state index in [1.165, 1.54) is 0 Å². The van der Waals surface area contributed by atoms with Crippen LogP contribution in [0.1, 0.15) is 40.0 Å². The molecule has 0 fully saturated rings. The van der Waals surface area contributed by atoms with Gasteiger partial charge in [0.05, 0.1) is 6.07 Å². The summed E-state index contributed by atoms with van der Waals surface area (Å²) in [7, 11) is 0. The molecule has 5 heteroatoms. The van der Waals surface area contributed by atoms with Crippen molar-refractivity contribution in [3.05, 3.63) is 11.6 Å². The molecule has 0 aliphatic rings. The van der Waals surface area contributed by atoms with Crippen LogP contribution in [-0.2, 0) is 0 Å². The molecule has 1 unspecified atom stereocenters. The molecule has 0 saturated carbocycles. The van der Waals surface area contributed by atoms with Gasteiger partial charge in [0.1, 0.15) is 9.88 Å². The fraction of sp³-hybridized carbons (Fsp3) is 0.692. The number of hydrogen-bond donors (Lipinski definition) is 1. The van der Waals surface area contributed by atoms with E-state index in [1.807, 2.05) is 11.6 Å². The van der Waals surface area contributed by atoms with Gasteiger partial charge in [0.15, 0.2) is 0 Å². The van der Waals surface area contributed by atoms with Gasteiger partial charge in [-0.25, -0.2) is 4.98 Å². The summed E-state index contributed by atoms with van der Waals surface area (Å²) >= 11 is 3.45. The fourth-order valence-corrected chi connectivity index (χ4v) is 3.53. The lowest BCUT2D eigenvalue weighted by Gasteiger charge is -2.29. The van der Waals surface area contributed by atoms with Crippen LogP contribution < -0.4 is 5.32 Å². The summed E-state index contributed by atoms with van der Waals surface area (Å²) in [4.78, 5) is 4.24. The van der Waals surface area contributed by atoms with Gasteiger partial charge in [-0.1, -0.05) is 18.7 Å². The first kappa shape index (κ1) is 15.5. The standard InChI is InChI=1S/C13H21N3S2/c1-4-13(10-14,16-11(2)3)6-5-8-17-12-15-7-9-18-12/h7,9,11,16H,4-6,8H2,1-3H3. The van der Waals surface area contributed by atoms with Gasteiger partial charge in [-0.2, -0.15) is 5.26 Å². The lowest BCUT2D eigenvalue weighted by atomic mass is 9.91. The zero-order chi connectivity index (χ0) is 13.4. The highest BCUT2D eigenvalue weighted by molar-refractivity contribution is 8.00. The van der Waals surface area contributed by atoms with E-state index in [-0.39, 0.29) is 5.54 Å². The molecule has 0 aromatic carbocycles. The molecule has 1 heterocycles. The number of rotatable bonds is 8. The van der Waals surface area contributed by atoms with Gasteiger partial charge in [0.25, 0.3) is 0 Å². The van der Waals surface area contributed by atoms with Crippen molar-refractivity contribution in [2.45, 2.75) is 56.0 Å². The van der Waals surface area contributed by atoms with E-state index in [0.717, 1.165) is 29.4 Å². The van der Waals surface area contributed by atoms with E-state index in [0.29, 0.717) is 6.04 Å². The van der Waals surface area contributed by atoms with Gasteiger partial charge in [-0.3, -0.25) is 5.32 Å². The molecular formula is C13H21N3S2. The van der Waals surface area contributed by atoms with Gasteiger partial charge in [-0.05, 0) is 33.1 Å². The summed E-state index contributed by atoms with van der Waals surface area (Å²) < 4.78 is 1.12. The molecule has 18 heavy (non-hydrogen) atoms. The Morgan fingerprint density at radius 3 is 2.89 bits per heavy atom. The molecule has 0 aliphatic carbocycles. The number of nitrogens with one attached hydrogen (secondary N) is 1. The van der Waals surface area contributed by atoms with Crippen molar-refractivity contribution in [2.75, 3.05) is 5.75 Å². The Labute approximate surface area is 118 Å². The molecule has 1 aromatic heterocycles. The Bertz CT molecular complexity index is 370. The molecular weight excluding hydrogens is 262 g/mol. The molecule has 100 valence electrons. The lowest BCUT2D eigenvalue weighted by Crippen LogP contribution is -2.47. The topological polar surface area (TPSA) is 48.7 Å². The van der Waals surface area contributed by atoms with E-state index in [2.05, 4.69) is 37.1 Å². The largest absolute Gasteiger partial charge is 0.297 e. The van der Waals surface area contributed by atoms with Crippen LogP contribution in [-0.4, -0.2) is 22.3 Å². The van der Waals surface area contributed by atoms with Crippen LogP contribution in [0.5, 0.6) is 0 Å². The highest BCUT2D eigenvalue weighted by atomic mass is 32.2. The van der Waals surface area contributed by atoms with Gasteiger partial charge < -0.3 is 0 Å². The minimum absolute atomic E-state index is 0.344. The number of aromatic nitrogens is 1. The Hall–Kier alpha value is -0.570. The van der Waals surface area contributed by atoms with Crippen molar-refractivity contribution >= 4 is 23.1 Å². The second kappa shape index (κ2) is 7.78. The third kappa shape index (κ3) is 4.97. The molecule has 0 spiro atoms. The van der Waals surface area contributed by atoms with Crippen molar-refractivity contribution in [1.29, 1.82) is 5.26 Å². The minimum Gasteiger partial charge on any atom is -0.297 e. The van der Waals surface area contributed by atoms with Crippen LogP contribution in [0, 0.1) is 11.3 Å². The minimum atomic E-state index is -0.363. The van der Waals surface area contributed by atoms with Crippen molar-refractivity contribution in [1.82, 2.24) is 10.3 Å². The fourth-order valence-electron chi connectivity index (χ4n) is 1.89. The molecule has 0 amide bonds. The van der Waals surface area contributed by atoms with Crippen LogP contribution in [0.3, 0.4) is 0 Å². The van der Waals surface area contributed by atoms with Crippen molar-refractivity contribution < 1.29 is 0 Å². The van der Waals surface area contributed by atoms with E-state index in [4.69, 9.17) is 0 Å². The Morgan fingerprint density at radius 1 is 1.61 bits per heavy atom. The van der Waals surface area contributed by atoms with Crippen molar-refractivity contribution in [3.63, 3.8) is 0 Å². The highest BCUT2D eigenvalue weighted by Crippen LogP contribution is 2.24. The van der Waals surface area contributed by atoms with Crippen molar-refractivity contribution in [3.8, 4) is 6.07 Å². The van der Waals surface area contributed by atoms with Gasteiger partial charge in [-0.15, -0.1) is 11.3 Å². The zero-order valence-electron chi connectivity index (χ0n) is 11.3. The monoisotopic (exact) mass is 283 g/mol. The third-order valence-corrected chi connectivity index (χ3v) is 4.82. The molecule has 0 radical (unpaired) electrons. The predicted octanol–water partition coefficient (Wildman–Crippen LogP) is 3.69. The number of nitriles is 1. The Kier molecular flexibility index (Phi) is 6.69. The van der Waals surface area contributed by atoms with Crippen molar-refractivity contribution in [2.24, 2.45) is 0 Å². The SMILES string of the molecule is CCC(C#N)(CCCSc1nccs1)NC(C)C. The predicted molar refractivity (Wildman–Crippen MR) is 79.0 cm³/mol. The first-order valence-electron chi connectivity index (χ1n) is 6.33. The molecule has 0 bridgehead atoms. The molecule has 3 nitrogen and oxygen atoms in total. The Morgan fingerprint density at radius 2 is 2.39 bits per heavy atom. The number of thiazole rings is 1.